The third kappa shape index (κ3) is 1.58. The van der Waals surface area contributed by atoms with Crippen LogP contribution in [0.15, 0.2) is 24.5 Å². The second-order valence-corrected chi connectivity index (χ2v) is 4.42. The van der Waals surface area contributed by atoms with Crippen molar-refractivity contribution in [1.82, 2.24) is 4.68 Å². The van der Waals surface area contributed by atoms with Crippen LogP contribution in [0.1, 0.15) is 25.7 Å². The molecule has 1 aromatic rings. The first-order chi connectivity index (χ1) is 6.43. The summed E-state index contributed by atoms with van der Waals surface area (Å²) in [6.07, 6.45) is 9.95. The topological polar surface area (TPSA) is 17.0 Å². The Morgan fingerprint density at radius 3 is 2.00 bits per heavy atom. The van der Waals surface area contributed by atoms with Gasteiger partial charge in [0.25, 0.3) is 0 Å². The molecule has 3 rings (SSSR count). The minimum absolute atomic E-state index is 0.757. The second-order valence-electron chi connectivity index (χ2n) is 4.42. The van der Waals surface area contributed by atoms with Gasteiger partial charge in [-0.05, 0) is 49.7 Å². The molecule has 70 valence electrons. The minimum Gasteiger partial charge on any atom is -0.323 e. The van der Waals surface area contributed by atoms with Crippen molar-refractivity contribution in [3.8, 4) is 0 Å². The summed E-state index contributed by atoms with van der Waals surface area (Å²) in [4.78, 5) is 0. The third-order valence-electron chi connectivity index (χ3n) is 3.16. The molecule has 0 unspecified atom stereocenters. The summed E-state index contributed by atoms with van der Waals surface area (Å²) < 4.78 is 2.11. The van der Waals surface area contributed by atoms with Gasteiger partial charge in [0.05, 0.1) is 0 Å². The molecule has 0 aliphatic heterocycles. The van der Waals surface area contributed by atoms with E-state index in [1.165, 1.54) is 25.7 Å². The summed E-state index contributed by atoms with van der Waals surface area (Å²) in [6, 6.07) is 4.90. The number of hydrogen-bond acceptors (Lipinski definition) is 1. The van der Waals surface area contributed by atoms with Gasteiger partial charge in [0.15, 0.2) is 0 Å². The zero-order chi connectivity index (χ0) is 8.67. The largest absolute Gasteiger partial charge is 0.323 e. The van der Waals surface area contributed by atoms with E-state index >= 15 is 0 Å². The zero-order valence-electron chi connectivity index (χ0n) is 7.82. The highest BCUT2D eigenvalue weighted by molar-refractivity contribution is 5.04. The fourth-order valence-corrected chi connectivity index (χ4v) is 2.10. The molecule has 0 aromatic carbocycles. The Balaban J connectivity index is 1.67. The van der Waals surface area contributed by atoms with Gasteiger partial charge in [-0.2, -0.15) is 0 Å². The van der Waals surface area contributed by atoms with Crippen molar-refractivity contribution in [3.05, 3.63) is 24.5 Å². The fraction of sp³-hybridized carbons (Fsp3) is 0.636. The molecule has 0 radical (unpaired) electrons. The molecule has 1 aromatic heterocycles. The van der Waals surface area contributed by atoms with Gasteiger partial charge in [0.2, 0.25) is 0 Å². The third-order valence-corrected chi connectivity index (χ3v) is 3.16. The van der Waals surface area contributed by atoms with Crippen molar-refractivity contribution in [2.75, 3.05) is 5.43 Å². The lowest BCUT2D eigenvalue weighted by Crippen LogP contribution is -2.30. The van der Waals surface area contributed by atoms with E-state index in [1.807, 2.05) is 0 Å². The summed E-state index contributed by atoms with van der Waals surface area (Å²) in [5.74, 6) is 1.93. The molecule has 0 atom stereocenters. The predicted octanol–water partition coefficient (Wildman–Crippen LogP) is 2.22. The van der Waals surface area contributed by atoms with Crippen LogP contribution in [-0.4, -0.2) is 10.7 Å². The minimum atomic E-state index is 0.757. The first-order valence-corrected chi connectivity index (χ1v) is 5.33. The van der Waals surface area contributed by atoms with Crippen molar-refractivity contribution in [3.63, 3.8) is 0 Å². The van der Waals surface area contributed by atoms with Gasteiger partial charge in [-0.3, -0.25) is 4.68 Å². The van der Waals surface area contributed by atoms with Gasteiger partial charge in [-0.25, -0.2) is 0 Å². The van der Waals surface area contributed by atoms with Crippen LogP contribution in [0.25, 0.3) is 0 Å². The van der Waals surface area contributed by atoms with Gasteiger partial charge in [0.1, 0.15) is 0 Å². The molecule has 1 N–H and O–H groups in total. The van der Waals surface area contributed by atoms with E-state index in [2.05, 4.69) is 34.6 Å². The summed E-state index contributed by atoms with van der Waals surface area (Å²) in [5, 5.41) is 0. The maximum Gasteiger partial charge on any atom is 0.0480 e. The lowest BCUT2D eigenvalue weighted by Gasteiger charge is -2.19. The van der Waals surface area contributed by atoms with E-state index in [1.54, 1.807) is 0 Å². The highest BCUT2D eigenvalue weighted by Crippen LogP contribution is 2.44. The fourth-order valence-electron chi connectivity index (χ4n) is 2.10. The molecule has 2 saturated carbocycles. The van der Waals surface area contributed by atoms with Crippen LogP contribution in [-0.2, 0) is 0 Å². The molecule has 0 saturated heterocycles. The summed E-state index contributed by atoms with van der Waals surface area (Å²) in [5.41, 5.74) is 3.60. The van der Waals surface area contributed by atoms with Gasteiger partial charge >= 0.3 is 0 Å². The van der Waals surface area contributed by atoms with E-state index < -0.39 is 0 Å². The normalized spacial score (nSPS) is 22.2. The number of nitrogens with zero attached hydrogens (tertiary/aromatic N) is 1. The summed E-state index contributed by atoms with van der Waals surface area (Å²) in [6.45, 7) is 0. The van der Waals surface area contributed by atoms with Crippen LogP contribution >= 0.6 is 0 Å². The van der Waals surface area contributed by atoms with Gasteiger partial charge in [-0.15, -0.1) is 0 Å². The monoisotopic (exact) mass is 176 g/mol. The maximum absolute atomic E-state index is 3.60. The van der Waals surface area contributed by atoms with Crippen molar-refractivity contribution in [1.29, 1.82) is 0 Å². The van der Waals surface area contributed by atoms with Crippen LogP contribution < -0.4 is 5.43 Å². The summed E-state index contributed by atoms with van der Waals surface area (Å²) in [7, 11) is 0. The molecular formula is C11H16N2. The second kappa shape index (κ2) is 2.79. The molecule has 2 fully saturated rings. The smallest absolute Gasteiger partial charge is 0.0480 e. The highest BCUT2D eigenvalue weighted by atomic mass is 15.4. The number of hydrogen-bond donors (Lipinski definition) is 1. The molecular weight excluding hydrogens is 160 g/mol. The molecule has 1 heterocycles. The van der Waals surface area contributed by atoms with Crippen LogP contribution in [0.5, 0.6) is 0 Å². The first kappa shape index (κ1) is 7.48. The van der Waals surface area contributed by atoms with Crippen LogP contribution in [0, 0.1) is 11.8 Å². The van der Waals surface area contributed by atoms with Gasteiger partial charge < -0.3 is 5.43 Å². The molecule has 0 spiro atoms. The predicted molar refractivity (Wildman–Crippen MR) is 53.0 cm³/mol. The van der Waals surface area contributed by atoms with Crippen molar-refractivity contribution in [2.45, 2.75) is 31.7 Å². The van der Waals surface area contributed by atoms with E-state index in [-0.39, 0.29) is 0 Å². The number of rotatable bonds is 4. The van der Waals surface area contributed by atoms with Crippen LogP contribution in [0.3, 0.4) is 0 Å². The molecule has 2 heteroatoms. The Morgan fingerprint density at radius 2 is 1.54 bits per heavy atom. The van der Waals surface area contributed by atoms with Crippen molar-refractivity contribution in [2.24, 2.45) is 11.8 Å². The molecule has 0 bridgehead atoms. The Labute approximate surface area is 78.9 Å². The maximum atomic E-state index is 3.60. The van der Waals surface area contributed by atoms with E-state index in [0.717, 1.165) is 17.9 Å². The van der Waals surface area contributed by atoms with Gasteiger partial charge in [0, 0.05) is 18.4 Å². The summed E-state index contributed by atoms with van der Waals surface area (Å²) >= 11 is 0. The average molecular weight is 176 g/mol. The first-order valence-electron chi connectivity index (χ1n) is 5.33. The molecule has 0 amide bonds. The molecule has 2 aliphatic rings. The average Bonchev–Trinajstić information content (AvgIpc) is 3.04. The SMILES string of the molecule is c1ccn(NC(C2CC2)C2CC2)c1. The zero-order valence-corrected chi connectivity index (χ0v) is 7.82. The van der Waals surface area contributed by atoms with Crippen LogP contribution in [0.4, 0.5) is 0 Å². The van der Waals surface area contributed by atoms with E-state index in [4.69, 9.17) is 0 Å². The Bertz CT molecular complexity index is 258. The van der Waals surface area contributed by atoms with Crippen molar-refractivity contribution >= 4 is 0 Å². The van der Waals surface area contributed by atoms with Gasteiger partial charge in [-0.1, -0.05) is 0 Å². The number of aromatic nitrogens is 1. The van der Waals surface area contributed by atoms with E-state index in [0.29, 0.717) is 0 Å². The Kier molecular flexibility index (Phi) is 1.61. The molecule has 13 heavy (non-hydrogen) atoms. The lowest BCUT2D eigenvalue weighted by atomic mass is 10.1. The Morgan fingerprint density at radius 1 is 1.00 bits per heavy atom. The van der Waals surface area contributed by atoms with E-state index in [9.17, 15) is 0 Å². The highest BCUT2D eigenvalue weighted by Gasteiger charge is 2.41. The van der Waals surface area contributed by atoms with Crippen molar-refractivity contribution < 1.29 is 0 Å². The molecule has 2 nitrogen and oxygen atoms in total. The quantitative estimate of drug-likeness (QED) is 0.744. The standard InChI is InChI=1S/C11H16N2/c1-2-8-13(7-1)12-11(9-3-4-9)10-5-6-10/h1-2,7-12H,3-6H2. The molecule has 2 aliphatic carbocycles. The lowest BCUT2D eigenvalue weighted by molar-refractivity contribution is 0.518. The number of nitrogens with one attached hydrogen (secondary N) is 1. The van der Waals surface area contributed by atoms with Crippen LogP contribution in [0.2, 0.25) is 0 Å². The Hall–Kier alpha value is -0.920.